The van der Waals surface area contributed by atoms with Crippen LogP contribution in [0.3, 0.4) is 0 Å². The first-order valence-corrected chi connectivity index (χ1v) is 6.88. The Labute approximate surface area is 116 Å². The summed E-state index contributed by atoms with van der Waals surface area (Å²) >= 11 is 0. The number of hydrogen-bond acceptors (Lipinski definition) is 4. The highest BCUT2D eigenvalue weighted by Gasteiger charge is 2.30. The number of aryl methyl sites for hydroxylation is 1. The van der Waals surface area contributed by atoms with Crippen LogP contribution in [0.2, 0.25) is 0 Å². The van der Waals surface area contributed by atoms with E-state index < -0.39 is 0 Å². The molecule has 0 aliphatic heterocycles. The normalized spacial score (nSPS) is 14.7. The summed E-state index contributed by atoms with van der Waals surface area (Å²) in [5.74, 6) is 1.21. The van der Waals surface area contributed by atoms with Gasteiger partial charge in [-0.25, -0.2) is 0 Å². The van der Waals surface area contributed by atoms with Crippen molar-refractivity contribution in [2.24, 2.45) is 13.0 Å². The van der Waals surface area contributed by atoms with Gasteiger partial charge in [-0.15, -0.1) is 0 Å². The van der Waals surface area contributed by atoms with Crippen molar-refractivity contribution in [1.29, 1.82) is 0 Å². The van der Waals surface area contributed by atoms with Gasteiger partial charge in [-0.3, -0.25) is 4.68 Å². The third-order valence-electron chi connectivity index (χ3n) is 3.34. The van der Waals surface area contributed by atoms with Crippen molar-refractivity contribution in [3.63, 3.8) is 0 Å². The van der Waals surface area contributed by atoms with Gasteiger partial charge in [0.15, 0.2) is 5.75 Å². The third-order valence-corrected chi connectivity index (χ3v) is 3.34. The molecule has 2 atom stereocenters. The van der Waals surface area contributed by atoms with E-state index in [9.17, 15) is 0 Å². The molecule has 1 N–H and O–H groups in total. The standard InChI is InChI=1S/C14H27N3O2/c1-7-8-15-12(14(19-6)10(2)3)13-11(18-5)9-16-17(13)4/h9-10,12,14-15H,7-8H2,1-6H3. The molecular formula is C14H27N3O2. The molecule has 0 saturated heterocycles. The second kappa shape index (κ2) is 7.50. The molecular weight excluding hydrogens is 242 g/mol. The van der Waals surface area contributed by atoms with Gasteiger partial charge < -0.3 is 14.8 Å². The van der Waals surface area contributed by atoms with Crippen LogP contribution in [0.25, 0.3) is 0 Å². The maximum absolute atomic E-state index is 5.69. The van der Waals surface area contributed by atoms with Crippen LogP contribution in [0.5, 0.6) is 5.75 Å². The van der Waals surface area contributed by atoms with Crippen molar-refractivity contribution >= 4 is 0 Å². The zero-order valence-corrected chi connectivity index (χ0v) is 12.9. The van der Waals surface area contributed by atoms with Gasteiger partial charge >= 0.3 is 0 Å². The number of nitrogens with zero attached hydrogens (tertiary/aromatic N) is 2. The van der Waals surface area contributed by atoms with Crippen LogP contribution >= 0.6 is 0 Å². The van der Waals surface area contributed by atoms with Gasteiger partial charge in [0.05, 0.1) is 31.1 Å². The molecule has 0 spiro atoms. The predicted octanol–water partition coefficient (Wildman–Crippen LogP) is 2.14. The fourth-order valence-electron chi connectivity index (χ4n) is 2.40. The largest absolute Gasteiger partial charge is 0.493 e. The highest BCUT2D eigenvalue weighted by molar-refractivity contribution is 5.29. The van der Waals surface area contributed by atoms with Gasteiger partial charge in [-0.05, 0) is 18.9 Å². The van der Waals surface area contributed by atoms with Crippen molar-refractivity contribution in [2.75, 3.05) is 20.8 Å². The van der Waals surface area contributed by atoms with E-state index in [4.69, 9.17) is 9.47 Å². The van der Waals surface area contributed by atoms with E-state index in [-0.39, 0.29) is 12.1 Å². The topological polar surface area (TPSA) is 48.3 Å². The first kappa shape index (κ1) is 16.0. The summed E-state index contributed by atoms with van der Waals surface area (Å²) < 4.78 is 13.0. The number of ether oxygens (including phenoxy) is 2. The molecule has 0 aromatic carbocycles. The van der Waals surface area contributed by atoms with Crippen molar-refractivity contribution < 1.29 is 9.47 Å². The van der Waals surface area contributed by atoms with Gasteiger partial charge in [0.1, 0.15) is 0 Å². The Morgan fingerprint density at radius 1 is 1.37 bits per heavy atom. The molecule has 1 rings (SSSR count). The van der Waals surface area contributed by atoms with E-state index in [1.54, 1.807) is 20.4 Å². The number of rotatable bonds is 8. The van der Waals surface area contributed by atoms with E-state index in [2.05, 4.69) is 31.2 Å². The van der Waals surface area contributed by atoms with E-state index in [0.29, 0.717) is 5.92 Å². The zero-order chi connectivity index (χ0) is 14.4. The molecule has 5 nitrogen and oxygen atoms in total. The molecule has 110 valence electrons. The lowest BCUT2D eigenvalue weighted by atomic mass is 9.96. The Kier molecular flexibility index (Phi) is 6.31. The van der Waals surface area contributed by atoms with E-state index in [1.165, 1.54) is 0 Å². The smallest absolute Gasteiger partial charge is 0.161 e. The quantitative estimate of drug-likeness (QED) is 0.785. The average Bonchev–Trinajstić information content (AvgIpc) is 2.75. The third kappa shape index (κ3) is 3.70. The molecule has 5 heteroatoms. The maximum atomic E-state index is 5.69. The first-order valence-electron chi connectivity index (χ1n) is 6.88. The molecule has 0 radical (unpaired) electrons. The van der Waals surface area contributed by atoms with E-state index in [1.807, 2.05) is 11.7 Å². The molecule has 0 aliphatic rings. The Balaban J connectivity index is 3.10. The first-order chi connectivity index (χ1) is 9.06. The summed E-state index contributed by atoms with van der Waals surface area (Å²) in [5, 5.41) is 7.84. The van der Waals surface area contributed by atoms with Crippen LogP contribution in [0.15, 0.2) is 6.20 Å². The Morgan fingerprint density at radius 2 is 2.05 bits per heavy atom. The van der Waals surface area contributed by atoms with Crippen LogP contribution in [0, 0.1) is 5.92 Å². The van der Waals surface area contributed by atoms with Crippen LogP contribution < -0.4 is 10.1 Å². The number of methoxy groups -OCH3 is 2. The van der Waals surface area contributed by atoms with Gasteiger partial charge in [-0.1, -0.05) is 20.8 Å². The molecule has 1 heterocycles. The van der Waals surface area contributed by atoms with Crippen LogP contribution in [-0.2, 0) is 11.8 Å². The minimum atomic E-state index is 0.0763. The van der Waals surface area contributed by atoms with Crippen molar-refractivity contribution in [1.82, 2.24) is 15.1 Å². The maximum Gasteiger partial charge on any atom is 0.161 e. The summed E-state index contributed by atoms with van der Waals surface area (Å²) in [6.45, 7) is 7.42. The van der Waals surface area contributed by atoms with E-state index in [0.717, 1.165) is 24.4 Å². The Morgan fingerprint density at radius 3 is 2.53 bits per heavy atom. The SMILES string of the molecule is CCCNC(c1c(OC)cnn1C)C(OC)C(C)C. The minimum absolute atomic E-state index is 0.0763. The lowest BCUT2D eigenvalue weighted by molar-refractivity contribution is 0.0297. The lowest BCUT2D eigenvalue weighted by Gasteiger charge is -2.30. The summed E-state index contributed by atoms with van der Waals surface area (Å²) in [5.41, 5.74) is 1.04. The molecule has 0 saturated carbocycles. The van der Waals surface area contributed by atoms with E-state index >= 15 is 0 Å². The van der Waals surface area contributed by atoms with Gasteiger partial charge in [0.25, 0.3) is 0 Å². The predicted molar refractivity (Wildman–Crippen MR) is 76.4 cm³/mol. The lowest BCUT2D eigenvalue weighted by Crippen LogP contribution is -2.38. The second-order valence-corrected chi connectivity index (χ2v) is 5.10. The van der Waals surface area contributed by atoms with Gasteiger partial charge in [0, 0.05) is 14.2 Å². The summed E-state index contributed by atoms with van der Waals surface area (Å²) in [4.78, 5) is 0. The molecule has 0 fully saturated rings. The molecule has 1 aromatic rings. The highest BCUT2D eigenvalue weighted by Crippen LogP contribution is 2.30. The van der Waals surface area contributed by atoms with Crippen molar-refractivity contribution in [2.45, 2.75) is 39.3 Å². The number of aromatic nitrogens is 2. The fraction of sp³-hybridized carbons (Fsp3) is 0.786. The number of hydrogen-bond donors (Lipinski definition) is 1. The van der Waals surface area contributed by atoms with Crippen LogP contribution in [0.1, 0.15) is 38.9 Å². The molecule has 0 amide bonds. The zero-order valence-electron chi connectivity index (χ0n) is 12.9. The summed E-state index contributed by atoms with van der Waals surface area (Å²) in [6.07, 6.45) is 2.91. The molecule has 19 heavy (non-hydrogen) atoms. The second-order valence-electron chi connectivity index (χ2n) is 5.10. The van der Waals surface area contributed by atoms with Crippen LogP contribution in [0.4, 0.5) is 0 Å². The highest BCUT2D eigenvalue weighted by atomic mass is 16.5. The van der Waals surface area contributed by atoms with Gasteiger partial charge in [-0.2, -0.15) is 5.10 Å². The summed E-state index contributed by atoms with van der Waals surface area (Å²) in [6, 6.07) is 0.0763. The molecule has 2 unspecified atom stereocenters. The summed E-state index contributed by atoms with van der Waals surface area (Å²) in [7, 11) is 5.37. The van der Waals surface area contributed by atoms with Gasteiger partial charge in [0.2, 0.25) is 0 Å². The van der Waals surface area contributed by atoms with Crippen molar-refractivity contribution in [3.05, 3.63) is 11.9 Å². The minimum Gasteiger partial charge on any atom is -0.493 e. The Hall–Kier alpha value is -1.07. The van der Waals surface area contributed by atoms with Crippen molar-refractivity contribution in [3.8, 4) is 5.75 Å². The fourth-order valence-corrected chi connectivity index (χ4v) is 2.40. The average molecular weight is 269 g/mol. The molecule has 0 aliphatic carbocycles. The number of nitrogens with one attached hydrogen (secondary N) is 1. The van der Waals surface area contributed by atoms with Crippen LogP contribution in [-0.4, -0.2) is 36.6 Å². The Bertz CT molecular complexity index is 377. The molecule has 0 bridgehead atoms. The molecule has 1 aromatic heterocycles. The monoisotopic (exact) mass is 269 g/mol.